The topological polar surface area (TPSA) is 116 Å². The van der Waals surface area contributed by atoms with Crippen molar-refractivity contribution in [3.63, 3.8) is 0 Å². The van der Waals surface area contributed by atoms with Crippen molar-refractivity contribution in [2.75, 3.05) is 7.11 Å². The van der Waals surface area contributed by atoms with Crippen LogP contribution in [-0.2, 0) is 19.9 Å². The maximum Gasteiger partial charge on any atom is 0.329 e. The van der Waals surface area contributed by atoms with Gasteiger partial charge in [0, 0.05) is 11.6 Å². The van der Waals surface area contributed by atoms with E-state index in [1.165, 1.54) is 18.1 Å². The largest absolute Gasteiger partial charge is 0.504 e. The second kappa shape index (κ2) is 7.34. The molecule has 3 N–H and O–H groups in total. The standard InChI is InChI=1S/C24H26N2O6/c1-23(2,3)26-20(28)17-18(21(26)29)24(22(30)31,14-8-6-5-7-9-14)25-19(17)13-10-11-15(27)16(12-13)32-4/h5-12,17-19,25,27H,1-4H3,(H,30,31). The number of carbonyl (C=O) groups excluding carboxylic acids is 2. The number of carbonyl (C=O) groups is 3. The van der Waals surface area contributed by atoms with Crippen LogP contribution in [0.2, 0.25) is 0 Å². The molecular weight excluding hydrogens is 412 g/mol. The molecule has 4 rings (SSSR count). The number of carboxylic acid groups (broad SMARTS) is 1. The number of hydrogen-bond acceptors (Lipinski definition) is 6. The smallest absolute Gasteiger partial charge is 0.329 e. The van der Waals surface area contributed by atoms with Crippen LogP contribution in [0, 0.1) is 11.8 Å². The Hall–Kier alpha value is -3.39. The molecule has 0 radical (unpaired) electrons. The SMILES string of the molecule is COc1cc(C2NC(C(=O)O)(c3ccccc3)C3C(=O)N(C(C)(C)C)C(=O)C23)ccc1O. The first kappa shape index (κ1) is 21.8. The van der Waals surface area contributed by atoms with Crippen LogP contribution in [0.3, 0.4) is 0 Å². The summed E-state index contributed by atoms with van der Waals surface area (Å²) in [5.74, 6) is -4.13. The van der Waals surface area contributed by atoms with Gasteiger partial charge in [0.2, 0.25) is 11.8 Å². The molecule has 0 saturated carbocycles. The maximum atomic E-state index is 13.6. The Morgan fingerprint density at radius 3 is 2.31 bits per heavy atom. The molecule has 0 bridgehead atoms. The van der Waals surface area contributed by atoms with Gasteiger partial charge in [0.05, 0.1) is 18.9 Å². The number of aromatic hydroxyl groups is 1. The number of nitrogens with one attached hydrogen (secondary N) is 1. The molecule has 2 fully saturated rings. The molecule has 8 nitrogen and oxygen atoms in total. The van der Waals surface area contributed by atoms with Gasteiger partial charge in [0.15, 0.2) is 17.0 Å². The number of amides is 2. The fourth-order valence-electron chi connectivity index (χ4n) is 5.03. The Bertz CT molecular complexity index is 1090. The van der Waals surface area contributed by atoms with Crippen molar-refractivity contribution >= 4 is 17.8 Å². The van der Waals surface area contributed by atoms with Gasteiger partial charge in [-0.25, -0.2) is 4.79 Å². The van der Waals surface area contributed by atoms with Crippen molar-refractivity contribution in [1.82, 2.24) is 10.2 Å². The van der Waals surface area contributed by atoms with E-state index in [0.717, 1.165) is 0 Å². The molecule has 0 aromatic heterocycles. The van der Waals surface area contributed by atoms with Crippen LogP contribution in [0.5, 0.6) is 11.5 Å². The average Bonchev–Trinajstić information content (AvgIpc) is 3.23. The van der Waals surface area contributed by atoms with E-state index in [2.05, 4.69) is 5.32 Å². The molecule has 2 saturated heterocycles. The monoisotopic (exact) mass is 438 g/mol. The van der Waals surface area contributed by atoms with E-state index in [1.54, 1.807) is 63.2 Å². The van der Waals surface area contributed by atoms with E-state index in [-0.39, 0.29) is 11.5 Å². The molecule has 2 aromatic rings. The number of methoxy groups -OCH3 is 1. The number of phenols is 1. The van der Waals surface area contributed by atoms with Crippen LogP contribution in [0.1, 0.15) is 37.9 Å². The van der Waals surface area contributed by atoms with Gasteiger partial charge in [-0.3, -0.25) is 19.8 Å². The minimum absolute atomic E-state index is 0.0801. The van der Waals surface area contributed by atoms with Crippen molar-refractivity contribution in [2.45, 2.75) is 37.9 Å². The molecule has 4 atom stereocenters. The number of fused-ring (bicyclic) bond motifs is 1. The molecule has 4 unspecified atom stereocenters. The Morgan fingerprint density at radius 1 is 1.09 bits per heavy atom. The summed E-state index contributed by atoms with van der Waals surface area (Å²) in [5, 5.41) is 23.6. The van der Waals surface area contributed by atoms with Crippen molar-refractivity contribution in [3.05, 3.63) is 59.7 Å². The summed E-state index contributed by atoms with van der Waals surface area (Å²) in [6.07, 6.45) is 0. The first-order valence-corrected chi connectivity index (χ1v) is 10.4. The van der Waals surface area contributed by atoms with Gasteiger partial charge in [0.1, 0.15) is 0 Å². The number of ether oxygens (including phenoxy) is 1. The predicted molar refractivity (Wildman–Crippen MR) is 115 cm³/mol. The number of carboxylic acids is 1. The summed E-state index contributed by atoms with van der Waals surface area (Å²) in [7, 11) is 1.40. The number of nitrogens with zero attached hydrogens (tertiary/aromatic N) is 1. The Kier molecular flexibility index (Phi) is 5.01. The number of aliphatic carboxylic acids is 1. The third kappa shape index (κ3) is 2.97. The first-order valence-electron chi connectivity index (χ1n) is 10.4. The molecule has 2 aromatic carbocycles. The van der Waals surface area contributed by atoms with Crippen LogP contribution in [0.15, 0.2) is 48.5 Å². The van der Waals surface area contributed by atoms with Gasteiger partial charge >= 0.3 is 5.97 Å². The minimum atomic E-state index is -1.80. The van der Waals surface area contributed by atoms with Crippen LogP contribution < -0.4 is 10.1 Å². The number of rotatable bonds is 4. The fourth-order valence-corrected chi connectivity index (χ4v) is 5.03. The van der Waals surface area contributed by atoms with Crippen molar-refractivity contribution in [2.24, 2.45) is 11.8 Å². The molecule has 2 aliphatic rings. The predicted octanol–water partition coefficient (Wildman–Crippen LogP) is 2.42. The number of benzene rings is 2. The lowest BCUT2D eigenvalue weighted by molar-refractivity contribution is -0.154. The molecule has 168 valence electrons. The minimum Gasteiger partial charge on any atom is -0.504 e. The Morgan fingerprint density at radius 2 is 1.75 bits per heavy atom. The molecular formula is C24H26N2O6. The average molecular weight is 438 g/mol. The second-order valence-corrected chi connectivity index (χ2v) is 9.22. The van der Waals surface area contributed by atoms with E-state index < -0.39 is 46.7 Å². The lowest BCUT2D eigenvalue weighted by Crippen LogP contribution is -2.55. The molecule has 0 spiro atoms. The van der Waals surface area contributed by atoms with Gasteiger partial charge in [-0.2, -0.15) is 0 Å². The number of hydrogen-bond donors (Lipinski definition) is 3. The number of likely N-dealkylation sites (tertiary alicyclic amines) is 1. The van der Waals surface area contributed by atoms with E-state index >= 15 is 0 Å². The van der Waals surface area contributed by atoms with Gasteiger partial charge in [-0.15, -0.1) is 0 Å². The van der Waals surface area contributed by atoms with E-state index in [0.29, 0.717) is 11.1 Å². The van der Waals surface area contributed by atoms with Gasteiger partial charge < -0.3 is 14.9 Å². The van der Waals surface area contributed by atoms with Crippen LogP contribution in [0.25, 0.3) is 0 Å². The summed E-state index contributed by atoms with van der Waals surface area (Å²) in [6, 6.07) is 12.3. The maximum absolute atomic E-state index is 13.6. The highest BCUT2D eigenvalue weighted by molar-refractivity contribution is 6.10. The zero-order chi connectivity index (χ0) is 23.4. The summed E-state index contributed by atoms with van der Waals surface area (Å²) in [6.45, 7) is 5.25. The highest BCUT2D eigenvalue weighted by Gasteiger charge is 2.70. The quantitative estimate of drug-likeness (QED) is 0.628. The van der Waals surface area contributed by atoms with Crippen LogP contribution in [-0.4, -0.2) is 45.5 Å². The third-order valence-electron chi connectivity index (χ3n) is 6.36. The summed E-state index contributed by atoms with van der Waals surface area (Å²) < 4.78 is 5.21. The number of imide groups is 1. The summed E-state index contributed by atoms with van der Waals surface area (Å²) in [4.78, 5) is 41.2. The fraction of sp³-hybridized carbons (Fsp3) is 0.375. The third-order valence-corrected chi connectivity index (χ3v) is 6.36. The van der Waals surface area contributed by atoms with Crippen LogP contribution >= 0.6 is 0 Å². The molecule has 2 heterocycles. The normalized spacial score (nSPS) is 27.5. The first-order chi connectivity index (χ1) is 15.0. The highest BCUT2D eigenvalue weighted by atomic mass is 16.5. The van der Waals surface area contributed by atoms with E-state index in [9.17, 15) is 24.6 Å². The molecule has 2 amide bonds. The number of phenolic OH excluding ortho intramolecular Hbond substituents is 1. The van der Waals surface area contributed by atoms with E-state index in [1.807, 2.05) is 0 Å². The Labute approximate surface area is 185 Å². The van der Waals surface area contributed by atoms with Crippen molar-refractivity contribution in [3.8, 4) is 11.5 Å². The molecule has 0 aliphatic carbocycles. The van der Waals surface area contributed by atoms with Crippen LogP contribution in [0.4, 0.5) is 0 Å². The molecule has 8 heteroatoms. The van der Waals surface area contributed by atoms with E-state index in [4.69, 9.17) is 4.74 Å². The second-order valence-electron chi connectivity index (χ2n) is 9.22. The molecule has 32 heavy (non-hydrogen) atoms. The summed E-state index contributed by atoms with van der Waals surface area (Å²) >= 11 is 0. The van der Waals surface area contributed by atoms with Crippen molar-refractivity contribution < 1.29 is 29.3 Å². The van der Waals surface area contributed by atoms with Gasteiger partial charge in [-0.1, -0.05) is 36.4 Å². The lowest BCUT2D eigenvalue weighted by atomic mass is 9.75. The highest BCUT2D eigenvalue weighted by Crippen LogP contribution is 2.54. The lowest BCUT2D eigenvalue weighted by Gasteiger charge is -2.35. The summed E-state index contributed by atoms with van der Waals surface area (Å²) in [5.41, 5.74) is -1.66. The zero-order valence-electron chi connectivity index (χ0n) is 18.3. The Balaban J connectivity index is 1.96. The van der Waals surface area contributed by atoms with Gasteiger partial charge in [0.25, 0.3) is 0 Å². The van der Waals surface area contributed by atoms with Gasteiger partial charge in [-0.05, 0) is 44.0 Å². The van der Waals surface area contributed by atoms with Crippen molar-refractivity contribution in [1.29, 1.82) is 0 Å². The zero-order valence-corrected chi connectivity index (χ0v) is 18.3. The molecule has 2 aliphatic heterocycles.